The van der Waals surface area contributed by atoms with Crippen LogP contribution in [0, 0.1) is 5.92 Å². The van der Waals surface area contributed by atoms with Crippen LogP contribution in [0.4, 0.5) is 13.2 Å². The highest BCUT2D eigenvalue weighted by atomic mass is 19.4. The lowest BCUT2D eigenvalue weighted by atomic mass is 10.1. The van der Waals surface area contributed by atoms with E-state index in [2.05, 4.69) is 12.2 Å². The molecule has 0 aromatic rings. The Kier molecular flexibility index (Phi) is 4.90. The van der Waals surface area contributed by atoms with E-state index < -0.39 is 12.6 Å². The van der Waals surface area contributed by atoms with Crippen LogP contribution in [0.15, 0.2) is 0 Å². The first-order valence-corrected chi connectivity index (χ1v) is 5.79. The zero-order chi connectivity index (χ0) is 11.3. The molecule has 2 atom stereocenters. The Morgan fingerprint density at radius 1 is 1.20 bits per heavy atom. The van der Waals surface area contributed by atoms with Gasteiger partial charge in [-0.2, -0.15) is 13.2 Å². The summed E-state index contributed by atoms with van der Waals surface area (Å²) in [5.41, 5.74) is 0. The second-order valence-corrected chi connectivity index (χ2v) is 4.54. The van der Waals surface area contributed by atoms with Gasteiger partial charge in [-0.1, -0.05) is 13.3 Å². The number of alkyl halides is 3. The van der Waals surface area contributed by atoms with Gasteiger partial charge in [0.25, 0.3) is 0 Å². The average Bonchev–Trinajstić information content (AvgIpc) is 2.49. The Balaban J connectivity index is 1.97. The van der Waals surface area contributed by atoms with Crippen LogP contribution in [-0.4, -0.2) is 18.8 Å². The average molecular weight is 223 g/mol. The Morgan fingerprint density at radius 3 is 2.47 bits per heavy atom. The number of rotatable bonds is 5. The fraction of sp³-hybridized carbons (Fsp3) is 1.00. The number of hydrogen-bond donors (Lipinski definition) is 1. The molecule has 1 rings (SSSR count). The highest BCUT2D eigenvalue weighted by Crippen LogP contribution is 2.25. The molecule has 15 heavy (non-hydrogen) atoms. The van der Waals surface area contributed by atoms with Gasteiger partial charge in [0.1, 0.15) is 0 Å². The van der Waals surface area contributed by atoms with Gasteiger partial charge in [-0.25, -0.2) is 0 Å². The van der Waals surface area contributed by atoms with Gasteiger partial charge in [0.05, 0.1) is 0 Å². The van der Waals surface area contributed by atoms with Crippen LogP contribution in [0.25, 0.3) is 0 Å². The summed E-state index contributed by atoms with van der Waals surface area (Å²) in [4.78, 5) is 0. The first-order valence-electron chi connectivity index (χ1n) is 5.79. The van der Waals surface area contributed by atoms with E-state index in [1.54, 1.807) is 0 Å². The van der Waals surface area contributed by atoms with Crippen molar-refractivity contribution >= 4 is 0 Å². The van der Waals surface area contributed by atoms with Crippen molar-refractivity contribution in [2.24, 2.45) is 5.92 Å². The van der Waals surface area contributed by atoms with Gasteiger partial charge in [-0.3, -0.25) is 0 Å². The summed E-state index contributed by atoms with van der Waals surface area (Å²) in [6.45, 7) is 2.94. The summed E-state index contributed by atoms with van der Waals surface area (Å²) in [5.74, 6) is 0.688. The summed E-state index contributed by atoms with van der Waals surface area (Å²) < 4.78 is 35.5. The third-order valence-electron chi connectivity index (χ3n) is 3.16. The second-order valence-electron chi connectivity index (χ2n) is 4.54. The van der Waals surface area contributed by atoms with Gasteiger partial charge in [0, 0.05) is 12.5 Å². The molecule has 1 aliphatic carbocycles. The van der Waals surface area contributed by atoms with Crippen molar-refractivity contribution in [1.29, 1.82) is 0 Å². The molecule has 2 unspecified atom stereocenters. The van der Waals surface area contributed by atoms with E-state index in [-0.39, 0.29) is 6.42 Å². The molecule has 0 bridgehead atoms. The summed E-state index contributed by atoms with van der Waals surface area (Å²) >= 11 is 0. The molecule has 0 aromatic heterocycles. The molecule has 0 radical (unpaired) electrons. The van der Waals surface area contributed by atoms with E-state index in [1.165, 1.54) is 19.3 Å². The van der Waals surface area contributed by atoms with Crippen LogP contribution in [-0.2, 0) is 0 Å². The Hall–Kier alpha value is -0.250. The molecule has 0 saturated heterocycles. The summed E-state index contributed by atoms with van der Waals surface area (Å²) in [6.07, 6.45) is -0.0715. The minimum absolute atomic E-state index is 0.248. The van der Waals surface area contributed by atoms with Crippen molar-refractivity contribution in [3.8, 4) is 0 Å². The highest BCUT2D eigenvalue weighted by molar-refractivity contribution is 4.79. The van der Waals surface area contributed by atoms with E-state index in [9.17, 15) is 13.2 Å². The van der Waals surface area contributed by atoms with Crippen LogP contribution in [0.2, 0.25) is 0 Å². The van der Waals surface area contributed by atoms with Gasteiger partial charge >= 0.3 is 6.18 Å². The molecule has 1 saturated carbocycles. The summed E-state index contributed by atoms with van der Waals surface area (Å²) in [5, 5.41) is 3.35. The molecule has 0 aliphatic heterocycles. The lowest BCUT2D eigenvalue weighted by Crippen LogP contribution is -2.31. The van der Waals surface area contributed by atoms with Gasteiger partial charge in [-0.05, 0) is 38.1 Å². The monoisotopic (exact) mass is 223 g/mol. The zero-order valence-electron chi connectivity index (χ0n) is 9.24. The first-order chi connectivity index (χ1) is 6.99. The SMILES string of the molecule is CC1CCCC1NCCCCC(F)(F)F. The molecule has 0 heterocycles. The molecule has 0 amide bonds. The van der Waals surface area contributed by atoms with Crippen LogP contribution < -0.4 is 5.32 Å². The maximum Gasteiger partial charge on any atom is 0.389 e. The highest BCUT2D eigenvalue weighted by Gasteiger charge is 2.26. The lowest BCUT2D eigenvalue weighted by Gasteiger charge is -2.17. The topological polar surface area (TPSA) is 12.0 Å². The zero-order valence-corrected chi connectivity index (χ0v) is 9.24. The van der Waals surface area contributed by atoms with E-state index in [4.69, 9.17) is 0 Å². The van der Waals surface area contributed by atoms with Gasteiger partial charge in [0.15, 0.2) is 0 Å². The van der Waals surface area contributed by atoms with E-state index in [1.807, 2.05) is 0 Å². The molecule has 1 nitrogen and oxygen atoms in total. The number of unbranched alkanes of at least 4 members (excludes halogenated alkanes) is 1. The van der Waals surface area contributed by atoms with Gasteiger partial charge in [0.2, 0.25) is 0 Å². The third-order valence-corrected chi connectivity index (χ3v) is 3.16. The molecule has 0 spiro atoms. The normalized spacial score (nSPS) is 27.2. The number of nitrogens with one attached hydrogen (secondary N) is 1. The number of hydrogen-bond acceptors (Lipinski definition) is 1. The van der Waals surface area contributed by atoms with Crippen molar-refractivity contribution in [3.05, 3.63) is 0 Å². The van der Waals surface area contributed by atoms with Crippen LogP contribution >= 0.6 is 0 Å². The van der Waals surface area contributed by atoms with Crippen LogP contribution in [0.3, 0.4) is 0 Å². The quantitative estimate of drug-likeness (QED) is 0.703. The minimum Gasteiger partial charge on any atom is -0.314 e. The molecular weight excluding hydrogens is 203 g/mol. The van der Waals surface area contributed by atoms with Crippen molar-refractivity contribution in [2.75, 3.05) is 6.54 Å². The predicted octanol–water partition coefficient (Wildman–Crippen LogP) is 3.50. The molecule has 1 aliphatic rings. The predicted molar refractivity (Wildman–Crippen MR) is 54.7 cm³/mol. The van der Waals surface area contributed by atoms with E-state index in [0.717, 1.165) is 6.54 Å². The van der Waals surface area contributed by atoms with Crippen LogP contribution in [0.1, 0.15) is 45.4 Å². The van der Waals surface area contributed by atoms with E-state index in [0.29, 0.717) is 18.4 Å². The smallest absolute Gasteiger partial charge is 0.314 e. The first kappa shape index (κ1) is 12.8. The van der Waals surface area contributed by atoms with Crippen molar-refractivity contribution in [3.63, 3.8) is 0 Å². The molecular formula is C11H20F3N. The summed E-state index contributed by atoms with van der Waals surface area (Å²) in [7, 11) is 0. The Morgan fingerprint density at radius 2 is 1.93 bits per heavy atom. The third kappa shape index (κ3) is 5.40. The van der Waals surface area contributed by atoms with Gasteiger partial charge in [-0.15, -0.1) is 0 Å². The fourth-order valence-corrected chi connectivity index (χ4v) is 2.19. The maximum absolute atomic E-state index is 11.8. The Labute approximate surface area is 89.4 Å². The fourth-order valence-electron chi connectivity index (χ4n) is 2.19. The summed E-state index contributed by atoms with van der Waals surface area (Å²) in [6, 6.07) is 0.538. The maximum atomic E-state index is 11.8. The lowest BCUT2D eigenvalue weighted by molar-refractivity contribution is -0.135. The molecule has 1 fully saturated rings. The molecule has 4 heteroatoms. The minimum atomic E-state index is -3.99. The molecule has 90 valence electrons. The second kappa shape index (κ2) is 5.73. The number of halogens is 3. The standard InChI is InChI=1S/C11H20F3N/c1-9-5-4-6-10(9)15-8-3-2-7-11(12,13)14/h9-10,15H,2-8H2,1H3. The molecule has 0 aromatic carbocycles. The largest absolute Gasteiger partial charge is 0.389 e. The van der Waals surface area contributed by atoms with Crippen LogP contribution in [0.5, 0.6) is 0 Å². The van der Waals surface area contributed by atoms with Crippen molar-refractivity contribution in [1.82, 2.24) is 5.32 Å². The van der Waals surface area contributed by atoms with Crippen molar-refractivity contribution < 1.29 is 13.2 Å². The van der Waals surface area contributed by atoms with Gasteiger partial charge < -0.3 is 5.32 Å². The van der Waals surface area contributed by atoms with E-state index >= 15 is 0 Å². The van der Waals surface area contributed by atoms with Crippen molar-refractivity contribution in [2.45, 2.75) is 57.7 Å². The Bertz CT molecular complexity index is 179. The molecule has 1 N–H and O–H groups in total.